The Morgan fingerprint density at radius 1 is 1.00 bits per heavy atom. The van der Waals surface area contributed by atoms with Crippen LogP contribution in [-0.4, -0.2) is 43.0 Å². The molecule has 2 amide bonds. The fraction of sp³-hybridized carbons (Fsp3) is 0.348. The number of esters is 1. The van der Waals surface area contributed by atoms with E-state index in [1.54, 1.807) is 0 Å². The largest absolute Gasteiger partial charge is 0.496 e. The maximum Gasteiger partial charge on any atom is 0.328 e. The summed E-state index contributed by atoms with van der Waals surface area (Å²) in [4.78, 5) is 47.4. The van der Waals surface area contributed by atoms with Gasteiger partial charge in [0.25, 0.3) is 5.69 Å². The van der Waals surface area contributed by atoms with Crippen molar-refractivity contribution in [3.63, 3.8) is 0 Å². The van der Waals surface area contributed by atoms with Crippen molar-refractivity contribution in [2.75, 3.05) is 14.2 Å². The number of rotatable bonds is 11. The van der Waals surface area contributed by atoms with E-state index in [0.717, 1.165) is 5.56 Å². The average Bonchev–Trinajstić information content (AvgIpc) is 2.82. The highest BCUT2D eigenvalue weighted by molar-refractivity contribution is 5.87. The molecule has 10 heteroatoms. The van der Waals surface area contributed by atoms with E-state index in [9.17, 15) is 24.5 Å². The van der Waals surface area contributed by atoms with Gasteiger partial charge in [-0.25, -0.2) is 4.79 Å². The van der Waals surface area contributed by atoms with E-state index in [2.05, 4.69) is 10.6 Å². The van der Waals surface area contributed by atoms with Gasteiger partial charge in [0.1, 0.15) is 11.8 Å². The van der Waals surface area contributed by atoms with Crippen molar-refractivity contribution in [1.29, 1.82) is 0 Å². The number of carbonyl (C=O) groups excluding carboxylic acids is 3. The molecule has 0 aliphatic heterocycles. The van der Waals surface area contributed by atoms with Gasteiger partial charge < -0.3 is 20.1 Å². The molecule has 176 valence electrons. The molecule has 2 rings (SSSR count). The molecule has 0 saturated heterocycles. The average molecular weight is 457 g/mol. The molecule has 2 N–H and O–H groups in total. The van der Waals surface area contributed by atoms with E-state index < -0.39 is 22.8 Å². The number of nitro groups is 1. The van der Waals surface area contributed by atoms with E-state index in [-0.39, 0.29) is 36.9 Å². The minimum Gasteiger partial charge on any atom is -0.496 e. The van der Waals surface area contributed by atoms with Crippen LogP contribution in [0.4, 0.5) is 5.69 Å². The highest BCUT2D eigenvalue weighted by Gasteiger charge is 2.25. The quantitative estimate of drug-likeness (QED) is 0.300. The normalized spacial score (nSPS) is 12.2. The monoisotopic (exact) mass is 457 g/mol. The summed E-state index contributed by atoms with van der Waals surface area (Å²) in [6, 6.07) is 12.1. The van der Waals surface area contributed by atoms with Crippen LogP contribution in [0, 0.1) is 10.1 Å². The lowest BCUT2D eigenvalue weighted by molar-refractivity contribution is -0.384. The number of carbonyl (C=O) groups is 3. The molecule has 0 fully saturated rings. The Bertz CT molecular complexity index is 995. The van der Waals surface area contributed by atoms with Gasteiger partial charge in [-0.1, -0.05) is 30.3 Å². The molecule has 0 spiro atoms. The van der Waals surface area contributed by atoms with Gasteiger partial charge >= 0.3 is 5.97 Å². The second kappa shape index (κ2) is 12.2. The number of hydrogen-bond acceptors (Lipinski definition) is 7. The van der Waals surface area contributed by atoms with Crippen molar-refractivity contribution >= 4 is 23.5 Å². The molecule has 33 heavy (non-hydrogen) atoms. The van der Waals surface area contributed by atoms with Gasteiger partial charge in [0, 0.05) is 37.0 Å². The summed E-state index contributed by atoms with van der Waals surface area (Å²) < 4.78 is 9.97. The molecule has 2 atom stereocenters. The first kappa shape index (κ1) is 25.3. The van der Waals surface area contributed by atoms with Crippen LogP contribution in [0.5, 0.6) is 5.75 Å². The number of non-ortho nitro benzene ring substituents is 1. The van der Waals surface area contributed by atoms with Crippen LogP contribution in [-0.2, 0) is 25.5 Å². The van der Waals surface area contributed by atoms with Crippen LogP contribution >= 0.6 is 0 Å². The number of ether oxygens (including phenoxy) is 2. The second-order valence-corrected chi connectivity index (χ2v) is 7.30. The van der Waals surface area contributed by atoms with Crippen molar-refractivity contribution in [2.45, 2.75) is 38.3 Å². The smallest absolute Gasteiger partial charge is 0.328 e. The highest BCUT2D eigenvalue weighted by Crippen LogP contribution is 2.25. The summed E-state index contributed by atoms with van der Waals surface area (Å²) in [5.74, 6) is -1.23. The number of nitrogens with one attached hydrogen (secondary N) is 2. The summed E-state index contributed by atoms with van der Waals surface area (Å²) in [5.41, 5.74) is 1.12. The molecule has 0 radical (unpaired) electrons. The minimum absolute atomic E-state index is 0.0724. The van der Waals surface area contributed by atoms with E-state index in [1.807, 2.05) is 37.3 Å². The molecule has 0 saturated carbocycles. The SMILES string of the molecule is COC(=O)[C@H](Cc1cc([N+](=O)[O-])ccc1OC)NC(=O)CCC(=O)N[C@H](C)c1ccccc1. The third kappa shape index (κ3) is 7.60. The van der Waals surface area contributed by atoms with E-state index in [0.29, 0.717) is 11.3 Å². The number of benzene rings is 2. The Morgan fingerprint density at radius 2 is 1.64 bits per heavy atom. The molecule has 2 aromatic rings. The summed E-state index contributed by atoms with van der Waals surface area (Å²) >= 11 is 0. The fourth-order valence-electron chi connectivity index (χ4n) is 3.23. The van der Waals surface area contributed by atoms with E-state index >= 15 is 0 Å². The Labute approximate surface area is 191 Å². The highest BCUT2D eigenvalue weighted by atomic mass is 16.6. The van der Waals surface area contributed by atoms with Crippen LogP contribution in [0.25, 0.3) is 0 Å². The topological polar surface area (TPSA) is 137 Å². The first-order valence-corrected chi connectivity index (χ1v) is 10.3. The molecule has 10 nitrogen and oxygen atoms in total. The first-order valence-electron chi connectivity index (χ1n) is 10.3. The van der Waals surface area contributed by atoms with Gasteiger partial charge in [-0.2, -0.15) is 0 Å². The lowest BCUT2D eigenvalue weighted by Crippen LogP contribution is -2.43. The number of nitrogens with zero attached hydrogens (tertiary/aromatic N) is 1. The van der Waals surface area contributed by atoms with E-state index in [4.69, 9.17) is 9.47 Å². The summed E-state index contributed by atoms with van der Waals surface area (Å²) in [7, 11) is 2.57. The number of methoxy groups -OCH3 is 2. The molecule has 2 aromatic carbocycles. The fourth-order valence-corrected chi connectivity index (χ4v) is 3.23. The van der Waals surface area contributed by atoms with Gasteiger partial charge in [0.05, 0.1) is 25.2 Å². The van der Waals surface area contributed by atoms with Crippen molar-refractivity contribution < 1.29 is 28.8 Å². The summed E-state index contributed by atoms with van der Waals surface area (Å²) in [6.45, 7) is 1.84. The van der Waals surface area contributed by atoms with Crippen molar-refractivity contribution in [3.05, 3.63) is 69.8 Å². The molecule has 0 unspecified atom stereocenters. The summed E-state index contributed by atoms with van der Waals surface area (Å²) in [6.07, 6.45) is -0.301. The zero-order chi connectivity index (χ0) is 24.4. The third-order valence-corrected chi connectivity index (χ3v) is 4.98. The molecular formula is C23H27N3O7. The zero-order valence-electron chi connectivity index (χ0n) is 18.7. The van der Waals surface area contributed by atoms with Crippen molar-refractivity contribution in [1.82, 2.24) is 10.6 Å². The van der Waals surface area contributed by atoms with Gasteiger partial charge in [-0.05, 0) is 18.6 Å². The first-order chi connectivity index (χ1) is 15.7. The van der Waals surface area contributed by atoms with Gasteiger partial charge in [-0.15, -0.1) is 0 Å². The van der Waals surface area contributed by atoms with Gasteiger partial charge in [0.2, 0.25) is 11.8 Å². The maximum absolute atomic E-state index is 12.4. The minimum atomic E-state index is -1.11. The number of amides is 2. The van der Waals surface area contributed by atoms with Crippen LogP contribution in [0.2, 0.25) is 0 Å². The molecule has 0 aliphatic rings. The van der Waals surface area contributed by atoms with Crippen LogP contribution < -0.4 is 15.4 Å². The van der Waals surface area contributed by atoms with Crippen molar-refractivity contribution in [3.8, 4) is 5.75 Å². The van der Waals surface area contributed by atoms with Crippen LogP contribution in [0.15, 0.2) is 48.5 Å². The molecule has 0 aliphatic carbocycles. The van der Waals surface area contributed by atoms with E-state index in [1.165, 1.54) is 32.4 Å². The predicted octanol–water partition coefficient (Wildman–Crippen LogP) is 2.46. The number of hydrogen-bond donors (Lipinski definition) is 2. The molecule has 0 bridgehead atoms. The Balaban J connectivity index is 1.99. The lowest BCUT2D eigenvalue weighted by Gasteiger charge is -2.18. The molecule has 0 aromatic heterocycles. The van der Waals surface area contributed by atoms with Gasteiger partial charge in [-0.3, -0.25) is 19.7 Å². The standard InChI is InChI=1S/C23H27N3O7/c1-15(16-7-5-4-6-8-16)24-21(27)11-12-22(28)25-19(23(29)33-3)14-17-13-18(26(30)31)9-10-20(17)32-2/h4-10,13,15,19H,11-12,14H2,1-3H3,(H,24,27)(H,25,28)/t15-,19+/m1/s1. The third-order valence-electron chi connectivity index (χ3n) is 4.98. The van der Waals surface area contributed by atoms with Gasteiger partial charge in [0.15, 0.2) is 0 Å². The van der Waals surface area contributed by atoms with Crippen LogP contribution in [0.1, 0.15) is 36.9 Å². The Hall–Kier alpha value is -3.95. The second-order valence-electron chi connectivity index (χ2n) is 7.30. The Kier molecular flexibility index (Phi) is 9.34. The van der Waals surface area contributed by atoms with Crippen LogP contribution in [0.3, 0.4) is 0 Å². The Morgan fingerprint density at radius 3 is 2.21 bits per heavy atom. The zero-order valence-corrected chi connectivity index (χ0v) is 18.7. The molecule has 0 heterocycles. The lowest BCUT2D eigenvalue weighted by atomic mass is 10.0. The van der Waals surface area contributed by atoms with Crippen molar-refractivity contribution in [2.24, 2.45) is 0 Å². The molecular weight excluding hydrogens is 430 g/mol. The number of nitro benzene ring substituents is 1. The maximum atomic E-state index is 12.4. The predicted molar refractivity (Wildman–Crippen MR) is 120 cm³/mol. The summed E-state index contributed by atoms with van der Waals surface area (Å²) in [5, 5.41) is 16.4.